The van der Waals surface area contributed by atoms with E-state index in [4.69, 9.17) is 11.6 Å². The van der Waals surface area contributed by atoms with Crippen molar-refractivity contribution in [2.75, 3.05) is 5.88 Å². The number of fused-ring (bicyclic) bond motifs is 1. The van der Waals surface area contributed by atoms with E-state index in [9.17, 15) is 0 Å². The maximum Gasteiger partial charge on any atom is 0.0404 e. The zero-order chi connectivity index (χ0) is 9.80. The quantitative estimate of drug-likeness (QED) is 0.518. The second-order valence-electron chi connectivity index (χ2n) is 3.37. The Kier molecular flexibility index (Phi) is 3.05. The minimum absolute atomic E-state index is 0.516. The van der Waals surface area contributed by atoms with E-state index in [0.717, 1.165) is 6.42 Å². The minimum atomic E-state index is 0.516. The van der Waals surface area contributed by atoms with Crippen molar-refractivity contribution in [1.29, 1.82) is 0 Å². The third kappa shape index (κ3) is 1.91. The highest BCUT2D eigenvalue weighted by Gasteiger charge is 2.14. The minimum Gasteiger partial charge on any atom is -0.122 e. The first-order valence-corrected chi connectivity index (χ1v) is 5.35. The summed E-state index contributed by atoms with van der Waals surface area (Å²) in [4.78, 5) is 0. The van der Waals surface area contributed by atoms with Gasteiger partial charge >= 0.3 is 0 Å². The Morgan fingerprint density at radius 3 is 3.21 bits per heavy atom. The van der Waals surface area contributed by atoms with Gasteiger partial charge in [0.15, 0.2) is 0 Å². The van der Waals surface area contributed by atoms with E-state index in [0.29, 0.717) is 11.8 Å². The molecule has 2 rings (SSSR count). The highest BCUT2D eigenvalue weighted by atomic mass is 35.5. The van der Waals surface area contributed by atoms with Crippen LogP contribution in [-0.2, 0) is 0 Å². The molecule has 0 nitrogen and oxygen atoms in total. The molecule has 1 aliphatic carbocycles. The van der Waals surface area contributed by atoms with E-state index in [2.05, 4.69) is 30.4 Å². The molecular weight excluding hydrogens is 192 g/mol. The van der Waals surface area contributed by atoms with Crippen molar-refractivity contribution in [3.05, 3.63) is 53.6 Å². The lowest BCUT2D eigenvalue weighted by Gasteiger charge is -2.06. The molecular formula is C13H12Cl. The second-order valence-corrected chi connectivity index (χ2v) is 3.67. The highest BCUT2D eigenvalue weighted by molar-refractivity contribution is 6.18. The van der Waals surface area contributed by atoms with Crippen LogP contribution in [0.2, 0.25) is 0 Å². The van der Waals surface area contributed by atoms with Gasteiger partial charge in [-0.2, -0.15) is 0 Å². The largest absolute Gasteiger partial charge is 0.122 e. The van der Waals surface area contributed by atoms with Crippen LogP contribution in [0.25, 0.3) is 6.08 Å². The summed E-state index contributed by atoms with van der Waals surface area (Å²) in [6, 6.07) is 9.41. The normalized spacial score (nSPS) is 19.1. The van der Waals surface area contributed by atoms with Gasteiger partial charge in [-0.15, -0.1) is 11.6 Å². The number of rotatable bonds is 3. The average Bonchev–Trinajstić information content (AvgIpc) is 2.63. The van der Waals surface area contributed by atoms with Crippen LogP contribution in [0.15, 0.2) is 36.4 Å². The summed E-state index contributed by atoms with van der Waals surface area (Å²) >= 11 is 5.58. The Balaban J connectivity index is 2.11. The van der Waals surface area contributed by atoms with Gasteiger partial charge in [-0.1, -0.05) is 42.5 Å². The molecule has 71 valence electrons. The molecule has 1 unspecified atom stereocenters. The third-order valence-corrected chi connectivity index (χ3v) is 2.64. The van der Waals surface area contributed by atoms with Crippen LogP contribution in [0.3, 0.4) is 0 Å². The van der Waals surface area contributed by atoms with Gasteiger partial charge in [0.1, 0.15) is 0 Å². The Hall–Kier alpha value is -1.01. The number of alkyl halides is 1. The molecule has 1 aliphatic rings. The first-order chi connectivity index (χ1) is 6.92. The molecule has 1 atom stereocenters. The molecule has 0 saturated heterocycles. The predicted octanol–water partition coefficient (Wildman–Crippen LogP) is 3.78. The van der Waals surface area contributed by atoms with E-state index in [-0.39, 0.29) is 0 Å². The van der Waals surface area contributed by atoms with Gasteiger partial charge in [0.05, 0.1) is 0 Å². The van der Waals surface area contributed by atoms with E-state index < -0.39 is 0 Å². The van der Waals surface area contributed by atoms with Gasteiger partial charge in [-0.3, -0.25) is 0 Å². The summed E-state index contributed by atoms with van der Waals surface area (Å²) < 4.78 is 0. The molecule has 0 saturated carbocycles. The van der Waals surface area contributed by atoms with Crippen molar-refractivity contribution in [2.24, 2.45) is 0 Å². The summed E-state index contributed by atoms with van der Waals surface area (Å²) in [5, 5.41) is 0. The number of allylic oxidation sites excluding steroid dienone is 3. The van der Waals surface area contributed by atoms with E-state index in [1.165, 1.54) is 11.1 Å². The number of hydrogen-bond acceptors (Lipinski definition) is 0. The molecule has 1 radical (unpaired) electrons. The summed E-state index contributed by atoms with van der Waals surface area (Å²) in [7, 11) is 0. The Bertz CT molecular complexity index is 363. The summed E-state index contributed by atoms with van der Waals surface area (Å²) in [6.45, 7) is 0. The molecule has 1 aromatic rings. The Morgan fingerprint density at radius 2 is 2.36 bits per heavy atom. The number of benzene rings is 1. The SMILES string of the molecule is ClC/C=C/CC1C=Cc2[c]cccc21. The fourth-order valence-corrected chi connectivity index (χ4v) is 1.88. The van der Waals surface area contributed by atoms with Crippen LogP contribution in [-0.4, -0.2) is 5.88 Å². The van der Waals surface area contributed by atoms with Crippen molar-refractivity contribution >= 4 is 17.7 Å². The molecule has 0 fully saturated rings. The molecule has 0 heterocycles. The van der Waals surface area contributed by atoms with E-state index in [1.54, 1.807) is 0 Å². The highest BCUT2D eigenvalue weighted by Crippen LogP contribution is 2.31. The van der Waals surface area contributed by atoms with Gasteiger partial charge < -0.3 is 0 Å². The topological polar surface area (TPSA) is 0 Å². The van der Waals surface area contributed by atoms with Gasteiger partial charge in [0.25, 0.3) is 0 Å². The first kappa shape index (κ1) is 9.54. The second kappa shape index (κ2) is 4.47. The van der Waals surface area contributed by atoms with Crippen molar-refractivity contribution < 1.29 is 0 Å². The van der Waals surface area contributed by atoms with Gasteiger partial charge in [-0.05, 0) is 23.6 Å². The van der Waals surface area contributed by atoms with E-state index in [1.807, 2.05) is 18.2 Å². The van der Waals surface area contributed by atoms with Gasteiger partial charge in [-0.25, -0.2) is 0 Å². The smallest absolute Gasteiger partial charge is 0.0404 e. The maximum absolute atomic E-state index is 5.58. The standard InChI is InChI=1S/C13H12Cl/c14-10-4-3-6-12-9-8-11-5-1-2-7-13(11)12/h1-4,7-9,12H,6,10H2/b4-3+. The van der Waals surface area contributed by atoms with Crippen molar-refractivity contribution in [2.45, 2.75) is 12.3 Å². The molecule has 0 bridgehead atoms. The number of hydrogen-bond donors (Lipinski definition) is 0. The monoisotopic (exact) mass is 203 g/mol. The third-order valence-electron chi connectivity index (χ3n) is 2.46. The molecule has 1 aromatic carbocycles. The molecule has 0 aliphatic heterocycles. The molecule has 14 heavy (non-hydrogen) atoms. The van der Waals surface area contributed by atoms with Crippen molar-refractivity contribution in [3.8, 4) is 0 Å². The molecule has 0 aromatic heterocycles. The Labute approximate surface area is 89.9 Å². The molecule has 0 N–H and O–H groups in total. The zero-order valence-corrected chi connectivity index (χ0v) is 8.67. The first-order valence-electron chi connectivity index (χ1n) is 4.81. The van der Waals surface area contributed by atoms with Crippen LogP contribution in [0.1, 0.15) is 23.5 Å². The fraction of sp³-hybridized carbons (Fsp3) is 0.231. The average molecular weight is 204 g/mol. The van der Waals surface area contributed by atoms with Crippen LogP contribution in [0.4, 0.5) is 0 Å². The van der Waals surface area contributed by atoms with Gasteiger partial charge in [0.2, 0.25) is 0 Å². The van der Waals surface area contributed by atoms with Crippen molar-refractivity contribution in [1.82, 2.24) is 0 Å². The predicted molar refractivity (Wildman–Crippen MR) is 61.5 cm³/mol. The van der Waals surface area contributed by atoms with E-state index >= 15 is 0 Å². The van der Waals surface area contributed by atoms with Gasteiger partial charge in [0, 0.05) is 11.8 Å². The fourth-order valence-electron chi connectivity index (χ4n) is 1.76. The Morgan fingerprint density at radius 1 is 1.43 bits per heavy atom. The summed E-state index contributed by atoms with van der Waals surface area (Å²) in [6.07, 6.45) is 9.56. The lowest BCUT2D eigenvalue weighted by atomic mass is 9.98. The van der Waals surface area contributed by atoms with Crippen LogP contribution >= 0.6 is 11.6 Å². The number of halogens is 1. The maximum atomic E-state index is 5.58. The molecule has 1 heteroatoms. The van der Waals surface area contributed by atoms with Crippen LogP contribution in [0, 0.1) is 6.07 Å². The molecule has 0 spiro atoms. The van der Waals surface area contributed by atoms with Crippen LogP contribution < -0.4 is 0 Å². The summed E-state index contributed by atoms with van der Waals surface area (Å²) in [5.41, 5.74) is 2.61. The van der Waals surface area contributed by atoms with Crippen molar-refractivity contribution in [3.63, 3.8) is 0 Å². The lowest BCUT2D eigenvalue weighted by molar-refractivity contribution is 0.878. The lowest BCUT2D eigenvalue weighted by Crippen LogP contribution is -1.90. The van der Waals surface area contributed by atoms with Crippen LogP contribution in [0.5, 0.6) is 0 Å². The summed E-state index contributed by atoms with van der Waals surface area (Å²) in [5.74, 6) is 1.12. The molecule has 0 amide bonds. The zero-order valence-electron chi connectivity index (χ0n) is 7.91.